The van der Waals surface area contributed by atoms with Crippen molar-refractivity contribution in [1.82, 2.24) is 0 Å². The first-order valence-corrected chi connectivity index (χ1v) is 40.2. The number of hydrogen-bond donors (Lipinski definition) is 0. The van der Waals surface area contributed by atoms with E-state index in [9.17, 15) is 14.4 Å². The van der Waals surface area contributed by atoms with Gasteiger partial charge in [0.05, 0.1) is 17.8 Å². The standard InChI is InChI=1S/C20H40O3Si2.C16H32O3Si2.C12H24O3Si2/c1-14(2)11-22-20(21)19-12-24(15(3)4,16(5)6)23-25(13-19,17(7)8)18(9)10;1-7-20(8-2)12-15(16(17)18-11-14(5)6)13-21(9-3,10-4)19-20;1-10(2)7-14-12(13)11-8-16(3,4)15-17(5,6)9-11/h15-19H,1,11-13H2,2-10H3;15H,5,7-13H2,1-4,6H3;11H,1,7-9H2,2-6H3. The second kappa shape index (κ2) is 25.3. The smallest absolute Gasteiger partial charge is 0.308 e. The molecular formula is C48H96O9Si6. The summed E-state index contributed by atoms with van der Waals surface area (Å²) in [4.78, 5) is 37.4. The molecule has 3 saturated heterocycles. The fourth-order valence-electron chi connectivity index (χ4n) is 10.4. The monoisotopic (exact) mass is 985 g/mol. The van der Waals surface area contributed by atoms with E-state index >= 15 is 0 Å². The number of ether oxygens (including phenoxy) is 3. The van der Waals surface area contributed by atoms with Crippen molar-refractivity contribution in [3.63, 3.8) is 0 Å². The lowest BCUT2D eigenvalue weighted by molar-refractivity contribution is -0.147. The zero-order valence-corrected chi connectivity index (χ0v) is 50.0. The van der Waals surface area contributed by atoms with Gasteiger partial charge in [0.2, 0.25) is 0 Å². The van der Waals surface area contributed by atoms with E-state index in [0.29, 0.717) is 42.0 Å². The van der Waals surface area contributed by atoms with Crippen LogP contribution in [0.5, 0.6) is 0 Å². The van der Waals surface area contributed by atoms with E-state index in [-0.39, 0.29) is 35.7 Å². The molecule has 366 valence electrons. The topological polar surface area (TPSA) is 107 Å². The highest BCUT2D eigenvalue weighted by atomic mass is 28.4. The Kier molecular flexibility index (Phi) is 24.0. The second-order valence-electron chi connectivity index (χ2n) is 22.1. The van der Waals surface area contributed by atoms with E-state index in [1.807, 2.05) is 20.8 Å². The van der Waals surface area contributed by atoms with Crippen molar-refractivity contribution in [2.45, 2.75) is 213 Å². The highest BCUT2D eigenvalue weighted by Crippen LogP contribution is 2.53. The first-order chi connectivity index (χ1) is 28.9. The number of hydrogen-bond acceptors (Lipinski definition) is 9. The van der Waals surface area contributed by atoms with Crippen LogP contribution in [0.4, 0.5) is 0 Å². The maximum absolute atomic E-state index is 12.9. The average Bonchev–Trinajstić information content (AvgIpc) is 3.19. The zero-order chi connectivity index (χ0) is 48.9. The highest BCUT2D eigenvalue weighted by Gasteiger charge is 2.59. The predicted octanol–water partition coefficient (Wildman–Crippen LogP) is 14.2. The fourth-order valence-corrected chi connectivity index (χ4v) is 46.2. The maximum atomic E-state index is 12.9. The van der Waals surface area contributed by atoms with Gasteiger partial charge in [-0.3, -0.25) is 14.4 Å². The Bertz CT molecular complexity index is 1450. The summed E-state index contributed by atoms with van der Waals surface area (Å²) in [5.74, 6) is 0.0163. The van der Waals surface area contributed by atoms with Crippen LogP contribution in [0, 0.1) is 17.8 Å². The van der Waals surface area contributed by atoms with Crippen molar-refractivity contribution in [1.29, 1.82) is 0 Å². The lowest BCUT2D eigenvalue weighted by Crippen LogP contribution is -2.63. The van der Waals surface area contributed by atoms with Crippen molar-refractivity contribution in [2.75, 3.05) is 19.8 Å². The normalized spacial score (nSPS) is 21.4. The second-order valence-corrected chi connectivity index (χ2v) is 50.1. The third-order valence-corrected chi connectivity index (χ3v) is 45.7. The number of esters is 3. The summed E-state index contributed by atoms with van der Waals surface area (Å²) in [5.41, 5.74) is 4.72. The van der Waals surface area contributed by atoms with Crippen LogP contribution >= 0.6 is 0 Å². The van der Waals surface area contributed by atoms with Crippen LogP contribution in [-0.2, 0) is 40.9 Å². The highest BCUT2D eigenvalue weighted by molar-refractivity contribution is 6.91. The summed E-state index contributed by atoms with van der Waals surface area (Å²) in [6, 6.07) is 9.94. The van der Waals surface area contributed by atoms with E-state index in [1.54, 1.807) is 0 Å². The Hall–Kier alpha value is -1.19. The Labute approximate surface area is 393 Å². The molecule has 0 aromatic heterocycles. The van der Waals surface area contributed by atoms with Gasteiger partial charge < -0.3 is 26.6 Å². The molecule has 0 atom stereocenters. The lowest BCUT2D eigenvalue weighted by atomic mass is 10.2. The molecule has 3 aliphatic heterocycles. The van der Waals surface area contributed by atoms with Crippen LogP contribution in [0.15, 0.2) is 36.5 Å². The van der Waals surface area contributed by atoms with E-state index in [1.165, 1.54) is 0 Å². The van der Waals surface area contributed by atoms with E-state index in [0.717, 1.165) is 77.2 Å². The Balaban J connectivity index is 0.000000481. The molecule has 0 aromatic rings. The number of carbonyl (C=O) groups is 3. The molecule has 0 bridgehead atoms. The van der Waals surface area contributed by atoms with Crippen molar-refractivity contribution < 1.29 is 40.9 Å². The predicted molar refractivity (Wildman–Crippen MR) is 280 cm³/mol. The third kappa shape index (κ3) is 17.4. The van der Waals surface area contributed by atoms with Crippen LogP contribution in [0.2, 0.25) is 109 Å². The van der Waals surface area contributed by atoms with Crippen LogP contribution < -0.4 is 0 Å². The molecule has 0 aromatic carbocycles. The third-order valence-electron chi connectivity index (χ3n) is 14.1. The average molecular weight is 986 g/mol. The van der Waals surface area contributed by atoms with E-state index < -0.39 is 49.9 Å². The van der Waals surface area contributed by atoms with Gasteiger partial charge in [-0.15, -0.1) is 0 Å². The molecule has 63 heavy (non-hydrogen) atoms. The van der Waals surface area contributed by atoms with Gasteiger partial charge in [-0.25, -0.2) is 0 Å². The van der Waals surface area contributed by atoms with Gasteiger partial charge in [0.1, 0.15) is 19.8 Å². The molecule has 3 fully saturated rings. The summed E-state index contributed by atoms with van der Waals surface area (Å²) in [5, 5.41) is 0. The minimum Gasteiger partial charge on any atom is -0.461 e. The molecule has 3 heterocycles. The van der Waals surface area contributed by atoms with Gasteiger partial charge in [-0.05, 0) is 146 Å². The lowest BCUT2D eigenvalue weighted by Gasteiger charge is -2.55. The summed E-state index contributed by atoms with van der Waals surface area (Å²) in [6.45, 7) is 54.2. The molecule has 0 N–H and O–H groups in total. The first-order valence-electron chi connectivity index (χ1n) is 24.4. The van der Waals surface area contributed by atoms with Crippen LogP contribution in [0.3, 0.4) is 0 Å². The van der Waals surface area contributed by atoms with Crippen molar-refractivity contribution in [3.05, 3.63) is 36.5 Å². The minimum atomic E-state index is -2.04. The summed E-state index contributed by atoms with van der Waals surface area (Å²) < 4.78 is 36.6. The summed E-state index contributed by atoms with van der Waals surface area (Å²) in [6.07, 6.45) is 0. The van der Waals surface area contributed by atoms with Gasteiger partial charge >= 0.3 is 17.9 Å². The molecule has 3 rings (SSSR count). The van der Waals surface area contributed by atoms with Gasteiger partial charge in [-0.2, -0.15) is 0 Å². The SMILES string of the molecule is C=C(C)COC(=O)C1C[Si](C(C)C)(C(C)C)O[Si](C(C)C)(C(C)C)C1.C=C(C)COC(=O)C1C[Si](C)(C)O[Si](C)(C)C1.C=C(C)COC(=O)C1C[Si](CC)(CC)O[Si](CC)(CC)C1. The summed E-state index contributed by atoms with van der Waals surface area (Å²) >= 11 is 0. The van der Waals surface area contributed by atoms with Gasteiger partial charge in [-0.1, -0.05) is 103 Å². The van der Waals surface area contributed by atoms with Gasteiger partial charge in [0.15, 0.2) is 49.9 Å². The van der Waals surface area contributed by atoms with Gasteiger partial charge in [0.25, 0.3) is 0 Å². The van der Waals surface area contributed by atoms with Gasteiger partial charge in [0, 0.05) is 0 Å². The van der Waals surface area contributed by atoms with Crippen LogP contribution in [0.1, 0.15) is 104 Å². The zero-order valence-electron chi connectivity index (χ0n) is 44.0. The minimum absolute atomic E-state index is 0.000957. The Morgan fingerprint density at radius 2 is 0.714 bits per heavy atom. The largest absolute Gasteiger partial charge is 0.461 e. The van der Waals surface area contributed by atoms with Crippen molar-refractivity contribution in [3.8, 4) is 0 Å². The molecule has 0 unspecified atom stereocenters. The molecule has 0 amide bonds. The van der Waals surface area contributed by atoms with Crippen LogP contribution in [-0.4, -0.2) is 87.6 Å². The maximum Gasteiger partial charge on any atom is 0.308 e. The van der Waals surface area contributed by atoms with Crippen LogP contribution in [0.25, 0.3) is 0 Å². The first kappa shape index (κ1) is 59.8. The number of rotatable bonds is 17. The molecule has 9 nitrogen and oxygen atoms in total. The summed E-state index contributed by atoms with van der Waals surface area (Å²) in [7, 11) is -10.9. The molecule has 0 aliphatic carbocycles. The molecular weight excluding hydrogens is 889 g/mol. The fraction of sp³-hybridized carbons (Fsp3) is 0.812. The molecule has 3 aliphatic rings. The van der Waals surface area contributed by atoms with Crippen molar-refractivity contribution >= 4 is 67.8 Å². The molecule has 0 spiro atoms. The quantitative estimate of drug-likeness (QED) is 0.0609. The Morgan fingerprint density at radius 1 is 0.460 bits per heavy atom. The number of carbonyl (C=O) groups excluding carboxylic acids is 3. The molecule has 0 saturated carbocycles. The molecule has 0 radical (unpaired) electrons. The Morgan fingerprint density at radius 3 is 0.952 bits per heavy atom. The van der Waals surface area contributed by atoms with E-state index in [4.69, 9.17) is 26.6 Å². The van der Waals surface area contributed by atoms with E-state index in [2.05, 4.69) is 129 Å². The molecule has 15 heteroatoms. The van der Waals surface area contributed by atoms with Crippen molar-refractivity contribution in [2.24, 2.45) is 17.8 Å².